The molecule has 0 radical (unpaired) electrons. The average Bonchev–Trinajstić information content (AvgIpc) is 2.51. The van der Waals surface area contributed by atoms with Crippen molar-refractivity contribution < 1.29 is 0 Å². The molecule has 0 spiro atoms. The molecule has 1 heteroatoms. The molecule has 0 saturated carbocycles. The fourth-order valence-electron chi connectivity index (χ4n) is 1.42. The van der Waals surface area contributed by atoms with Crippen molar-refractivity contribution in [3.63, 3.8) is 0 Å². The summed E-state index contributed by atoms with van der Waals surface area (Å²) < 4.78 is 0. The van der Waals surface area contributed by atoms with E-state index < -0.39 is 0 Å². The molecule has 108 valence electrons. The van der Waals surface area contributed by atoms with E-state index in [2.05, 4.69) is 54.7 Å². The van der Waals surface area contributed by atoms with Crippen LogP contribution in [-0.2, 0) is 6.54 Å². The van der Waals surface area contributed by atoms with Gasteiger partial charge in [-0.1, -0.05) is 76.3 Å². The summed E-state index contributed by atoms with van der Waals surface area (Å²) in [6.07, 6.45) is 6.34. The molecular formula is C18H31N. The summed E-state index contributed by atoms with van der Waals surface area (Å²) in [6.45, 7) is 14.0. The zero-order chi connectivity index (χ0) is 14.9. The lowest BCUT2D eigenvalue weighted by atomic mass is 10.2. The van der Waals surface area contributed by atoms with Crippen molar-refractivity contribution in [1.29, 1.82) is 0 Å². The molecule has 1 N–H and O–H groups in total. The molecule has 0 unspecified atom stereocenters. The Morgan fingerprint density at radius 3 is 2.05 bits per heavy atom. The van der Waals surface area contributed by atoms with Gasteiger partial charge < -0.3 is 5.32 Å². The van der Waals surface area contributed by atoms with E-state index in [4.69, 9.17) is 0 Å². The molecule has 0 amide bonds. The minimum Gasteiger partial charge on any atom is -0.309 e. The van der Waals surface area contributed by atoms with E-state index in [9.17, 15) is 0 Å². The highest BCUT2D eigenvalue weighted by molar-refractivity contribution is 5.19. The Morgan fingerprint density at radius 1 is 1.00 bits per heavy atom. The van der Waals surface area contributed by atoms with Crippen LogP contribution in [0.2, 0.25) is 0 Å². The lowest BCUT2D eigenvalue weighted by molar-refractivity contribution is 0.746. The van der Waals surface area contributed by atoms with Crippen LogP contribution in [-0.4, -0.2) is 6.54 Å². The monoisotopic (exact) mass is 261 g/mol. The van der Waals surface area contributed by atoms with Gasteiger partial charge >= 0.3 is 0 Å². The van der Waals surface area contributed by atoms with E-state index in [0.717, 1.165) is 13.1 Å². The fourth-order valence-corrected chi connectivity index (χ4v) is 1.42. The van der Waals surface area contributed by atoms with Crippen LogP contribution in [0, 0.1) is 0 Å². The van der Waals surface area contributed by atoms with Gasteiger partial charge in [-0.25, -0.2) is 0 Å². The minimum atomic E-state index is 0.926. The SMILES string of the molecule is C/C=C\C(=C/C)CNCc1ccccc1.CC.CC. The highest BCUT2D eigenvalue weighted by Gasteiger charge is 1.92. The summed E-state index contributed by atoms with van der Waals surface area (Å²) in [5, 5.41) is 3.42. The Labute approximate surface area is 120 Å². The fraction of sp³-hybridized carbons (Fsp3) is 0.444. The minimum absolute atomic E-state index is 0.926. The van der Waals surface area contributed by atoms with Crippen LogP contribution in [0.1, 0.15) is 47.1 Å². The van der Waals surface area contributed by atoms with Crippen molar-refractivity contribution in [3.05, 3.63) is 59.7 Å². The first kappa shape index (κ1) is 20.0. The first-order valence-corrected chi connectivity index (χ1v) is 7.39. The van der Waals surface area contributed by atoms with E-state index in [-0.39, 0.29) is 0 Å². The van der Waals surface area contributed by atoms with Crippen molar-refractivity contribution >= 4 is 0 Å². The van der Waals surface area contributed by atoms with Crippen molar-refractivity contribution in [2.75, 3.05) is 6.54 Å². The van der Waals surface area contributed by atoms with Crippen molar-refractivity contribution in [2.24, 2.45) is 0 Å². The standard InChI is InChI=1S/C14H19N.2C2H6/c1-3-8-13(4-2)11-15-12-14-9-6-5-7-10-14;2*1-2/h3-10,15H,11-12H2,1-2H3;2*1-2H3/b8-3-,13-4+;;. The molecule has 1 aromatic carbocycles. The van der Waals surface area contributed by atoms with Gasteiger partial charge in [0.05, 0.1) is 0 Å². The Hall–Kier alpha value is -1.34. The maximum absolute atomic E-state index is 3.42. The second-order valence-corrected chi connectivity index (χ2v) is 3.45. The molecule has 0 aromatic heterocycles. The molecular weight excluding hydrogens is 230 g/mol. The van der Waals surface area contributed by atoms with Gasteiger partial charge in [0.2, 0.25) is 0 Å². The number of nitrogens with one attached hydrogen (secondary N) is 1. The lowest BCUT2D eigenvalue weighted by Crippen LogP contribution is -2.15. The van der Waals surface area contributed by atoms with E-state index in [1.54, 1.807) is 0 Å². The van der Waals surface area contributed by atoms with Gasteiger partial charge in [-0.05, 0) is 25.0 Å². The Kier molecular flexibility index (Phi) is 17.5. The van der Waals surface area contributed by atoms with Crippen molar-refractivity contribution in [2.45, 2.75) is 48.1 Å². The second kappa shape index (κ2) is 16.7. The third-order valence-electron chi connectivity index (χ3n) is 2.25. The molecule has 0 fully saturated rings. The van der Waals surface area contributed by atoms with Gasteiger partial charge in [0.15, 0.2) is 0 Å². The quantitative estimate of drug-likeness (QED) is 0.704. The molecule has 0 atom stereocenters. The normalized spacial score (nSPS) is 10.3. The van der Waals surface area contributed by atoms with E-state index in [1.807, 2.05) is 40.7 Å². The van der Waals surface area contributed by atoms with Gasteiger partial charge in [0.1, 0.15) is 0 Å². The Balaban J connectivity index is 0. The summed E-state index contributed by atoms with van der Waals surface area (Å²) >= 11 is 0. The molecule has 19 heavy (non-hydrogen) atoms. The summed E-state index contributed by atoms with van der Waals surface area (Å²) in [6, 6.07) is 10.5. The Bertz CT molecular complexity index is 323. The smallest absolute Gasteiger partial charge is 0.0208 e. The molecule has 0 aliphatic carbocycles. The van der Waals surface area contributed by atoms with E-state index in [0.29, 0.717) is 0 Å². The van der Waals surface area contributed by atoms with Crippen LogP contribution in [0.25, 0.3) is 0 Å². The predicted octanol–water partition coefficient (Wildman–Crippen LogP) is 5.35. The molecule has 0 aliphatic rings. The van der Waals surface area contributed by atoms with Crippen LogP contribution in [0.15, 0.2) is 54.1 Å². The lowest BCUT2D eigenvalue weighted by Gasteiger charge is -2.05. The van der Waals surface area contributed by atoms with Gasteiger partial charge in [0.25, 0.3) is 0 Å². The second-order valence-electron chi connectivity index (χ2n) is 3.45. The predicted molar refractivity (Wildman–Crippen MR) is 89.4 cm³/mol. The summed E-state index contributed by atoms with van der Waals surface area (Å²) in [7, 11) is 0. The number of rotatable bonds is 5. The molecule has 1 rings (SSSR count). The molecule has 0 aliphatic heterocycles. The number of hydrogen-bond acceptors (Lipinski definition) is 1. The van der Waals surface area contributed by atoms with E-state index in [1.165, 1.54) is 11.1 Å². The number of allylic oxidation sites excluding steroid dienone is 2. The van der Waals surface area contributed by atoms with Crippen molar-refractivity contribution in [1.82, 2.24) is 5.32 Å². The van der Waals surface area contributed by atoms with Crippen LogP contribution in [0.3, 0.4) is 0 Å². The third kappa shape index (κ3) is 11.5. The van der Waals surface area contributed by atoms with Crippen LogP contribution in [0.5, 0.6) is 0 Å². The van der Waals surface area contributed by atoms with Crippen LogP contribution < -0.4 is 5.32 Å². The molecule has 0 heterocycles. The Morgan fingerprint density at radius 2 is 1.58 bits per heavy atom. The number of hydrogen-bond donors (Lipinski definition) is 1. The van der Waals surface area contributed by atoms with Crippen LogP contribution >= 0.6 is 0 Å². The van der Waals surface area contributed by atoms with Gasteiger partial charge in [-0.2, -0.15) is 0 Å². The van der Waals surface area contributed by atoms with Crippen LogP contribution in [0.4, 0.5) is 0 Å². The highest BCUT2D eigenvalue weighted by Crippen LogP contribution is 1.99. The first-order chi connectivity index (χ1) is 9.36. The first-order valence-electron chi connectivity index (χ1n) is 7.39. The van der Waals surface area contributed by atoms with Gasteiger partial charge in [-0.3, -0.25) is 0 Å². The molecule has 1 nitrogen and oxygen atoms in total. The maximum atomic E-state index is 3.42. The molecule has 1 aromatic rings. The summed E-state index contributed by atoms with van der Waals surface area (Å²) in [5.41, 5.74) is 2.65. The third-order valence-corrected chi connectivity index (χ3v) is 2.25. The van der Waals surface area contributed by atoms with E-state index >= 15 is 0 Å². The highest BCUT2D eigenvalue weighted by atomic mass is 14.8. The maximum Gasteiger partial charge on any atom is 0.0208 e. The molecule has 0 bridgehead atoms. The average molecular weight is 261 g/mol. The topological polar surface area (TPSA) is 12.0 Å². The van der Waals surface area contributed by atoms with Gasteiger partial charge in [-0.15, -0.1) is 0 Å². The number of benzene rings is 1. The zero-order valence-corrected chi connectivity index (χ0v) is 13.5. The summed E-state index contributed by atoms with van der Waals surface area (Å²) in [5.74, 6) is 0. The summed E-state index contributed by atoms with van der Waals surface area (Å²) in [4.78, 5) is 0. The largest absolute Gasteiger partial charge is 0.309 e. The van der Waals surface area contributed by atoms with Gasteiger partial charge in [0, 0.05) is 13.1 Å². The molecule has 0 saturated heterocycles. The zero-order valence-electron chi connectivity index (χ0n) is 13.5. The van der Waals surface area contributed by atoms with Crippen molar-refractivity contribution in [3.8, 4) is 0 Å².